The number of nitrogens with one attached hydrogen (secondary N) is 1. The van der Waals surface area contributed by atoms with Crippen LogP contribution in [-0.2, 0) is 11.2 Å². The van der Waals surface area contributed by atoms with Gasteiger partial charge in [-0.2, -0.15) is 0 Å². The summed E-state index contributed by atoms with van der Waals surface area (Å²) in [5.74, 6) is -1.08. The van der Waals surface area contributed by atoms with Gasteiger partial charge < -0.3 is 9.73 Å². The molecule has 26 heavy (non-hydrogen) atoms. The summed E-state index contributed by atoms with van der Waals surface area (Å²) >= 11 is 1.10. The summed E-state index contributed by atoms with van der Waals surface area (Å²) in [6, 6.07) is 13.0. The van der Waals surface area contributed by atoms with E-state index < -0.39 is 11.6 Å². The average molecular weight is 375 g/mol. The minimum atomic E-state index is -0.618. The lowest BCUT2D eigenvalue weighted by molar-refractivity contribution is -0.118. The standard InChI is InChI=1S/C18H15F2N3O2S/c19-14-7-4-8-15(20)13(14)9-10-21-16(24)11-26-18-23-22-17(25-18)12-5-2-1-3-6-12/h1-8H,9-11H2,(H,21,24). The molecular weight excluding hydrogens is 360 g/mol. The van der Waals surface area contributed by atoms with E-state index in [1.807, 2.05) is 30.3 Å². The van der Waals surface area contributed by atoms with Gasteiger partial charge in [0.1, 0.15) is 11.6 Å². The molecule has 1 amide bonds. The Morgan fingerprint density at radius 1 is 1.04 bits per heavy atom. The average Bonchev–Trinajstić information content (AvgIpc) is 3.12. The summed E-state index contributed by atoms with van der Waals surface area (Å²) in [6.45, 7) is 0.135. The monoisotopic (exact) mass is 375 g/mol. The maximum absolute atomic E-state index is 13.5. The minimum absolute atomic E-state index is 0.0372. The number of thioether (sulfide) groups is 1. The topological polar surface area (TPSA) is 68.0 Å². The summed E-state index contributed by atoms with van der Waals surface area (Å²) in [4.78, 5) is 11.8. The molecule has 0 saturated carbocycles. The zero-order valence-electron chi connectivity index (χ0n) is 13.6. The Morgan fingerprint density at radius 3 is 2.50 bits per heavy atom. The molecule has 0 fully saturated rings. The Labute approximate surface area is 152 Å². The van der Waals surface area contributed by atoms with Gasteiger partial charge in [0.05, 0.1) is 5.75 Å². The molecule has 3 rings (SSSR count). The molecule has 1 N–H and O–H groups in total. The van der Waals surface area contributed by atoms with Crippen molar-refractivity contribution in [1.29, 1.82) is 0 Å². The lowest BCUT2D eigenvalue weighted by Crippen LogP contribution is -2.27. The van der Waals surface area contributed by atoms with Crippen LogP contribution in [0, 0.1) is 11.6 Å². The third kappa shape index (κ3) is 4.66. The molecule has 0 radical (unpaired) electrons. The van der Waals surface area contributed by atoms with Crippen molar-refractivity contribution >= 4 is 17.7 Å². The van der Waals surface area contributed by atoms with E-state index in [9.17, 15) is 13.6 Å². The van der Waals surface area contributed by atoms with Crippen LogP contribution >= 0.6 is 11.8 Å². The van der Waals surface area contributed by atoms with E-state index in [1.54, 1.807) is 0 Å². The highest BCUT2D eigenvalue weighted by molar-refractivity contribution is 7.99. The molecule has 134 valence electrons. The molecule has 0 bridgehead atoms. The van der Waals surface area contributed by atoms with Crippen molar-refractivity contribution in [3.63, 3.8) is 0 Å². The van der Waals surface area contributed by atoms with E-state index in [-0.39, 0.29) is 35.4 Å². The predicted molar refractivity (Wildman–Crippen MR) is 93.5 cm³/mol. The zero-order valence-corrected chi connectivity index (χ0v) is 14.4. The number of nitrogens with zero attached hydrogens (tertiary/aromatic N) is 2. The van der Waals surface area contributed by atoms with Crippen molar-refractivity contribution in [3.05, 3.63) is 65.7 Å². The summed E-state index contributed by atoms with van der Waals surface area (Å²) in [5, 5.41) is 10.7. The van der Waals surface area contributed by atoms with Gasteiger partial charge in [0, 0.05) is 17.7 Å². The highest BCUT2D eigenvalue weighted by atomic mass is 32.2. The van der Waals surface area contributed by atoms with Crippen molar-refractivity contribution in [2.75, 3.05) is 12.3 Å². The molecule has 2 aromatic carbocycles. The van der Waals surface area contributed by atoms with Crippen molar-refractivity contribution in [3.8, 4) is 11.5 Å². The lowest BCUT2D eigenvalue weighted by atomic mass is 10.1. The number of rotatable bonds is 7. The molecule has 0 aliphatic carbocycles. The van der Waals surface area contributed by atoms with Crippen molar-refractivity contribution in [1.82, 2.24) is 15.5 Å². The van der Waals surface area contributed by atoms with E-state index in [0.717, 1.165) is 17.3 Å². The van der Waals surface area contributed by atoms with E-state index in [4.69, 9.17) is 4.42 Å². The molecule has 5 nitrogen and oxygen atoms in total. The van der Waals surface area contributed by atoms with Crippen LogP contribution in [0.1, 0.15) is 5.56 Å². The Morgan fingerprint density at radius 2 is 1.77 bits per heavy atom. The van der Waals surface area contributed by atoms with Crippen molar-refractivity contribution < 1.29 is 18.0 Å². The Balaban J connectivity index is 1.45. The smallest absolute Gasteiger partial charge is 0.277 e. The van der Waals surface area contributed by atoms with Crippen LogP contribution in [-0.4, -0.2) is 28.4 Å². The highest BCUT2D eigenvalue weighted by Gasteiger charge is 2.12. The number of aromatic nitrogens is 2. The molecule has 1 heterocycles. The molecule has 0 atom stereocenters. The molecule has 0 unspecified atom stereocenters. The van der Waals surface area contributed by atoms with E-state index in [2.05, 4.69) is 15.5 Å². The Kier molecular flexibility index (Phi) is 5.96. The number of benzene rings is 2. The fourth-order valence-corrected chi connectivity index (χ4v) is 2.83. The maximum atomic E-state index is 13.5. The van der Waals surface area contributed by atoms with Gasteiger partial charge in [0.25, 0.3) is 5.22 Å². The largest absolute Gasteiger partial charge is 0.411 e. The number of amides is 1. The van der Waals surface area contributed by atoms with Gasteiger partial charge in [-0.3, -0.25) is 4.79 Å². The molecular formula is C18H15F2N3O2S. The second kappa shape index (κ2) is 8.57. The van der Waals surface area contributed by atoms with Gasteiger partial charge in [-0.05, 0) is 30.7 Å². The number of carbonyl (C=O) groups excluding carboxylic acids is 1. The van der Waals surface area contributed by atoms with E-state index in [1.165, 1.54) is 18.2 Å². The van der Waals surface area contributed by atoms with Gasteiger partial charge in [-0.1, -0.05) is 36.0 Å². The van der Waals surface area contributed by atoms with Gasteiger partial charge in [0.2, 0.25) is 11.8 Å². The quantitative estimate of drug-likeness (QED) is 0.641. The predicted octanol–water partition coefficient (Wildman–Crippen LogP) is 3.47. The first kappa shape index (κ1) is 18.1. The molecule has 0 saturated heterocycles. The van der Waals surface area contributed by atoms with Crippen LogP contribution in [0.25, 0.3) is 11.5 Å². The molecule has 8 heteroatoms. The summed E-state index contributed by atoms with van der Waals surface area (Å²) < 4.78 is 32.5. The second-order valence-corrected chi connectivity index (χ2v) is 6.25. The number of hydrogen-bond acceptors (Lipinski definition) is 5. The minimum Gasteiger partial charge on any atom is -0.411 e. The SMILES string of the molecule is O=C(CSc1nnc(-c2ccccc2)o1)NCCc1c(F)cccc1F. The molecule has 3 aromatic rings. The van der Waals surface area contributed by atoms with Crippen LogP contribution in [0.4, 0.5) is 8.78 Å². The third-order valence-electron chi connectivity index (χ3n) is 3.51. The van der Waals surface area contributed by atoms with Crippen LogP contribution in [0.15, 0.2) is 58.2 Å². The third-order valence-corrected chi connectivity index (χ3v) is 4.33. The van der Waals surface area contributed by atoms with Crippen LogP contribution in [0.3, 0.4) is 0 Å². The lowest BCUT2D eigenvalue weighted by Gasteiger charge is -2.06. The first-order chi connectivity index (χ1) is 12.6. The van der Waals surface area contributed by atoms with Crippen molar-refractivity contribution in [2.24, 2.45) is 0 Å². The van der Waals surface area contributed by atoms with E-state index in [0.29, 0.717) is 5.89 Å². The zero-order chi connectivity index (χ0) is 18.4. The summed E-state index contributed by atoms with van der Waals surface area (Å²) in [5.41, 5.74) is 0.757. The Hall–Kier alpha value is -2.74. The number of hydrogen-bond donors (Lipinski definition) is 1. The maximum Gasteiger partial charge on any atom is 0.277 e. The molecule has 0 aliphatic heterocycles. The van der Waals surface area contributed by atoms with Crippen LogP contribution in [0.2, 0.25) is 0 Å². The van der Waals surface area contributed by atoms with Gasteiger partial charge >= 0.3 is 0 Å². The van der Waals surface area contributed by atoms with Crippen molar-refractivity contribution in [2.45, 2.75) is 11.6 Å². The Bertz CT molecular complexity index is 867. The first-order valence-corrected chi connectivity index (χ1v) is 8.83. The summed E-state index contributed by atoms with van der Waals surface area (Å²) in [7, 11) is 0. The normalized spacial score (nSPS) is 10.7. The number of halogens is 2. The van der Waals surface area contributed by atoms with Crippen LogP contribution < -0.4 is 5.32 Å². The van der Waals surface area contributed by atoms with Gasteiger partial charge in [-0.25, -0.2) is 8.78 Å². The number of carbonyl (C=O) groups is 1. The van der Waals surface area contributed by atoms with Crippen LogP contribution in [0.5, 0.6) is 0 Å². The molecule has 0 spiro atoms. The summed E-state index contributed by atoms with van der Waals surface area (Å²) in [6.07, 6.45) is 0.0770. The fraction of sp³-hybridized carbons (Fsp3) is 0.167. The van der Waals surface area contributed by atoms with Gasteiger partial charge in [-0.15, -0.1) is 10.2 Å². The fourth-order valence-electron chi connectivity index (χ4n) is 2.24. The highest BCUT2D eigenvalue weighted by Crippen LogP contribution is 2.22. The van der Waals surface area contributed by atoms with E-state index >= 15 is 0 Å². The second-order valence-electron chi connectivity index (χ2n) is 5.33. The molecule has 1 aromatic heterocycles. The van der Waals surface area contributed by atoms with Gasteiger partial charge in [0.15, 0.2) is 0 Å². The first-order valence-electron chi connectivity index (χ1n) is 7.85. The molecule has 0 aliphatic rings.